The zero-order valence-electron chi connectivity index (χ0n) is 17.4. The Morgan fingerprint density at radius 3 is 2.68 bits per heavy atom. The molecule has 1 fully saturated rings. The molecule has 3 N–H and O–H groups in total. The Hall–Kier alpha value is -1.62. The number of nitrogens with zero attached hydrogens (tertiary/aromatic N) is 3. The lowest BCUT2D eigenvalue weighted by Gasteiger charge is -2.32. The first-order valence-electron chi connectivity index (χ1n) is 9.34. The van der Waals surface area contributed by atoms with Gasteiger partial charge in [-0.2, -0.15) is 0 Å². The molecule has 9 heteroatoms. The van der Waals surface area contributed by atoms with Gasteiger partial charge in [0, 0.05) is 38.4 Å². The molecule has 158 valence electrons. The van der Waals surface area contributed by atoms with E-state index in [2.05, 4.69) is 43.8 Å². The van der Waals surface area contributed by atoms with Crippen molar-refractivity contribution >= 4 is 41.7 Å². The molecule has 1 aromatic rings. The van der Waals surface area contributed by atoms with Gasteiger partial charge < -0.3 is 25.6 Å². The van der Waals surface area contributed by atoms with Crippen molar-refractivity contribution in [2.24, 2.45) is 4.99 Å². The highest BCUT2D eigenvalue weighted by Crippen LogP contribution is 2.15. The van der Waals surface area contributed by atoms with Gasteiger partial charge in [-0.1, -0.05) is 6.07 Å². The summed E-state index contributed by atoms with van der Waals surface area (Å²) in [6.07, 6.45) is 2.09. The number of morpholine rings is 1. The number of carbonyl (C=O) groups excluding carboxylic acids is 1. The number of nitrogens with one attached hydrogen (secondary N) is 3. The second-order valence-electron chi connectivity index (χ2n) is 7.73. The molecule has 0 spiro atoms. The molecule has 1 aromatic heterocycles. The normalized spacial score (nSPS) is 17.5. The number of pyridine rings is 1. The van der Waals surface area contributed by atoms with Crippen LogP contribution in [0.1, 0.15) is 33.3 Å². The second kappa shape index (κ2) is 11.4. The van der Waals surface area contributed by atoms with Crippen LogP contribution in [0.25, 0.3) is 0 Å². The monoisotopic (exact) mass is 504 g/mol. The number of amides is 1. The van der Waals surface area contributed by atoms with E-state index >= 15 is 0 Å². The number of anilines is 1. The fourth-order valence-electron chi connectivity index (χ4n) is 2.77. The lowest BCUT2D eigenvalue weighted by Crippen LogP contribution is -2.48. The first-order valence-corrected chi connectivity index (χ1v) is 9.34. The number of aromatic nitrogens is 1. The summed E-state index contributed by atoms with van der Waals surface area (Å²) in [4.78, 5) is 22.8. The van der Waals surface area contributed by atoms with E-state index in [9.17, 15) is 4.79 Å². The lowest BCUT2D eigenvalue weighted by atomic mass is 10.1. The molecule has 1 aliphatic heterocycles. The van der Waals surface area contributed by atoms with E-state index in [1.54, 1.807) is 7.05 Å². The van der Waals surface area contributed by atoms with E-state index < -0.39 is 0 Å². The highest BCUT2D eigenvalue weighted by Gasteiger charge is 2.17. The maximum Gasteiger partial charge on any atom is 0.239 e. The predicted octanol–water partition coefficient (Wildman–Crippen LogP) is 1.50. The Bertz CT molecular complexity index is 645. The maximum absolute atomic E-state index is 11.9. The van der Waals surface area contributed by atoms with Gasteiger partial charge >= 0.3 is 0 Å². The molecule has 2 heterocycles. The van der Waals surface area contributed by atoms with Gasteiger partial charge in [0.05, 0.1) is 19.3 Å². The van der Waals surface area contributed by atoms with E-state index in [0.29, 0.717) is 12.5 Å². The Balaban J connectivity index is 0.00000392. The first kappa shape index (κ1) is 24.4. The molecule has 1 atom stereocenters. The van der Waals surface area contributed by atoms with Crippen molar-refractivity contribution in [1.29, 1.82) is 0 Å². The molecule has 1 saturated heterocycles. The van der Waals surface area contributed by atoms with Crippen molar-refractivity contribution in [3.8, 4) is 0 Å². The zero-order valence-corrected chi connectivity index (χ0v) is 19.7. The van der Waals surface area contributed by atoms with Gasteiger partial charge in [0.25, 0.3) is 0 Å². The van der Waals surface area contributed by atoms with Crippen LogP contribution >= 0.6 is 24.0 Å². The van der Waals surface area contributed by atoms with Crippen LogP contribution in [0.4, 0.5) is 5.82 Å². The standard InChI is InChI=1S/C19H32N6O2.HI/c1-14-13-25(8-9-27-14)16-7-6-15(10-21-16)11-22-18(20-5)23-12-17(26)24-19(2,3)4;/h6-7,10,14H,8-9,11-13H2,1-5H3,(H,24,26)(H2,20,22,23);1H. The summed E-state index contributed by atoms with van der Waals surface area (Å²) < 4.78 is 5.57. The zero-order chi connectivity index (χ0) is 19.9. The maximum atomic E-state index is 11.9. The quantitative estimate of drug-likeness (QED) is 0.320. The molecule has 8 nitrogen and oxygen atoms in total. The number of halogens is 1. The van der Waals surface area contributed by atoms with Crippen molar-refractivity contribution in [2.45, 2.75) is 45.9 Å². The van der Waals surface area contributed by atoms with Crippen molar-refractivity contribution in [3.63, 3.8) is 0 Å². The van der Waals surface area contributed by atoms with Crippen LogP contribution in [-0.2, 0) is 16.1 Å². The molecule has 0 saturated carbocycles. The number of guanidine groups is 1. The summed E-state index contributed by atoms with van der Waals surface area (Å²) in [5.41, 5.74) is 0.795. The molecule has 0 aliphatic carbocycles. The SMILES string of the molecule is CN=C(NCC(=O)NC(C)(C)C)NCc1ccc(N2CCOC(C)C2)nc1.I. The Kier molecular flexibility index (Phi) is 9.94. The number of ether oxygens (including phenoxy) is 1. The van der Waals surface area contributed by atoms with Crippen LogP contribution in [-0.4, -0.2) is 61.8 Å². The van der Waals surface area contributed by atoms with E-state index in [0.717, 1.165) is 31.1 Å². The van der Waals surface area contributed by atoms with E-state index in [4.69, 9.17) is 4.74 Å². The Morgan fingerprint density at radius 1 is 1.36 bits per heavy atom. The summed E-state index contributed by atoms with van der Waals surface area (Å²) in [6, 6.07) is 4.08. The van der Waals surface area contributed by atoms with Crippen LogP contribution < -0.4 is 20.9 Å². The fourth-order valence-corrected chi connectivity index (χ4v) is 2.77. The van der Waals surface area contributed by atoms with Gasteiger partial charge in [0.2, 0.25) is 5.91 Å². The summed E-state index contributed by atoms with van der Waals surface area (Å²) in [5, 5.41) is 9.11. The largest absolute Gasteiger partial charge is 0.375 e. The molecule has 28 heavy (non-hydrogen) atoms. The topological polar surface area (TPSA) is 90.9 Å². The summed E-state index contributed by atoms with van der Waals surface area (Å²) in [7, 11) is 1.68. The molecule has 0 aromatic carbocycles. The minimum atomic E-state index is -0.249. The summed E-state index contributed by atoms with van der Waals surface area (Å²) >= 11 is 0. The number of hydrogen-bond donors (Lipinski definition) is 3. The lowest BCUT2D eigenvalue weighted by molar-refractivity contribution is -0.121. The molecular weight excluding hydrogens is 471 g/mol. The van der Waals surface area contributed by atoms with Crippen molar-refractivity contribution in [2.75, 3.05) is 38.2 Å². The summed E-state index contributed by atoms with van der Waals surface area (Å²) in [6.45, 7) is 11.1. The molecule has 1 aliphatic rings. The second-order valence-corrected chi connectivity index (χ2v) is 7.73. The van der Waals surface area contributed by atoms with Crippen molar-refractivity contribution in [3.05, 3.63) is 23.9 Å². The van der Waals surface area contributed by atoms with Crippen molar-refractivity contribution in [1.82, 2.24) is 20.9 Å². The Morgan fingerprint density at radius 2 is 2.11 bits per heavy atom. The molecule has 1 amide bonds. The highest BCUT2D eigenvalue weighted by atomic mass is 127. The fraction of sp³-hybridized carbons (Fsp3) is 0.632. The van der Waals surface area contributed by atoms with E-state index in [1.165, 1.54) is 0 Å². The van der Waals surface area contributed by atoms with Crippen LogP contribution in [0.3, 0.4) is 0 Å². The van der Waals surface area contributed by atoms with Gasteiger partial charge in [-0.3, -0.25) is 9.79 Å². The van der Waals surface area contributed by atoms with Gasteiger partial charge in [-0.05, 0) is 39.3 Å². The Labute approximate surface area is 184 Å². The molecule has 1 unspecified atom stereocenters. The van der Waals surface area contributed by atoms with Crippen LogP contribution in [0, 0.1) is 0 Å². The number of carbonyl (C=O) groups is 1. The molecular formula is C19H33IN6O2. The van der Waals surface area contributed by atoms with Crippen molar-refractivity contribution < 1.29 is 9.53 Å². The third kappa shape index (κ3) is 8.59. The van der Waals surface area contributed by atoms with Crippen LogP contribution in [0.15, 0.2) is 23.3 Å². The van der Waals surface area contributed by atoms with Gasteiger partial charge in [-0.25, -0.2) is 4.98 Å². The van der Waals surface area contributed by atoms with E-state index in [-0.39, 0.29) is 48.1 Å². The third-order valence-corrected chi connectivity index (χ3v) is 3.99. The minimum Gasteiger partial charge on any atom is -0.375 e. The number of hydrogen-bond acceptors (Lipinski definition) is 5. The minimum absolute atomic E-state index is 0. The summed E-state index contributed by atoms with van der Waals surface area (Å²) in [5.74, 6) is 1.47. The molecule has 0 radical (unpaired) electrons. The van der Waals surface area contributed by atoms with Gasteiger partial charge in [-0.15, -0.1) is 24.0 Å². The average Bonchev–Trinajstić information content (AvgIpc) is 2.61. The first-order chi connectivity index (χ1) is 12.8. The average molecular weight is 504 g/mol. The highest BCUT2D eigenvalue weighted by molar-refractivity contribution is 14.0. The molecule has 0 bridgehead atoms. The predicted molar refractivity (Wildman–Crippen MR) is 123 cm³/mol. The van der Waals surface area contributed by atoms with E-state index in [1.807, 2.05) is 33.0 Å². The van der Waals surface area contributed by atoms with Gasteiger partial charge in [0.15, 0.2) is 5.96 Å². The van der Waals surface area contributed by atoms with Crippen LogP contribution in [0.2, 0.25) is 0 Å². The molecule has 2 rings (SSSR count). The number of aliphatic imine (C=N–C) groups is 1. The van der Waals surface area contributed by atoms with Crippen LogP contribution in [0.5, 0.6) is 0 Å². The smallest absolute Gasteiger partial charge is 0.239 e. The third-order valence-electron chi connectivity index (χ3n) is 3.99. The van der Waals surface area contributed by atoms with Gasteiger partial charge in [0.1, 0.15) is 5.82 Å². The number of rotatable bonds is 5.